The number of ether oxygens (including phenoxy) is 2. The monoisotopic (exact) mass is 458 g/mol. The summed E-state index contributed by atoms with van der Waals surface area (Å²) >= 11 is 0. The quantitative estimate of drug-likeness (QED) is 0.728. The van der Waals surface area contributed by atoms with Crippen LogP contribution in [0.5, 0.6) is 11.5 Å². The SMILES string of the molecule is CCN1C(=O)C(C)(C)COc2cc(NS(=O)(=O)c3ccc(OC(F)(F)F)cc3)ccc21. The summed E-state index contributed by atoms with van der Waals surface area (Å²) in [5.74, 6) is -0.296. The Bertz CT molecular complexity index is 1080. The number of carbonyl (C=O) groups excluding carboxylic acids is 1. The standard InChI is InChI=1S/C20H21F3N2O5S/c1-4-25-16-10-5-13(11-17(16)29-12-19(2,3)18(25)26)24-31(27,28)15-8-6-14(7-9-15)30-20(21,22)23/h5-11,24H,4,12H2,1-3H3. The molecular weight excluding hydrogens is 437 g/mol. The van der Waals surface area contributed by atoms with Crippen LogP contribution in [0, 0.1) is 5.41 Å². The molecule has 0 unspecified atom stereocenters. The van der Waals surface area contributed by atoms with Crippen molar-refractivity contribution in [3.63, 3.8) is 0 Å². The zero-order valence-electron chi connectivity index (χ0n) is 17.0. The van der Waals surface area contributed by atoms with E-state index in [-0.39, 0.29) is 23.1 Å². The topological polar surface area (TPSA) is 84.9 Å². The first-order valence-corrected chi connectivity index (χ1v) is 10.8. The van der Waals surface area contributed by atoms with Gasteiger partial charge in [-0.2, -0.15) is 0 Å². The Kier molecular flexibility index (Phi) is 5.83. The van der Waals surface area contributed by atoms with Crippen LogP contribution in [0.15, 0.2) is 47.4 Å². The van der Waals surface area contributed by atoms with Gasteiger partial charge < -0.3 is 14.4 Å². The highest BCUT2D eigenvalue weighted by molar-refractivity contribution is 7.92. The van der Waals surface area contributed by atoms with Crippen LogP contribution >= 0.6 is 0 Å². The van der Waals surface area contributed by atoms with Crippen LogP contribution in [0.25, 0.3) is 0 Å². The minimum Gasteiger partial charge on any atom is -0.490 e. The summed E-state index contributed by atoms with van der Waals surface area (Å²) in [6, 6.07) is 8.35. The Morgan fingerprint density at radius 3 is 2.39 bits per heavy atom. The third-order valence-electron chi connectivity index (χ3n) is 4.60. The smallest absolute Gasteiger partial charge is 0.490 e. The highest BCUT2D eigenvalue weighted by Gasteiger charge is 2.37. The summed E-state index contributed by atoms with van der Waals surface area (Å²) in [6.45, 7) is 5.88. The number of hydrogen-bond donors (Lipinski definition) is 1. The van der Waals surface area contributed by atoms with Gasteiger partial charge in [-0.1, -0.05) is 0 Å². The van der Waals surface area contributed by atoms with Gasteiger partial charge in [-0.25, -0.2) is 8.42 Å². The average molecular weight is 458 g/mol. The number of sulfonamides is 1. The molecular formula is C20H21F3N2O5S. The molecule has 168 valence electrons. The highest BCUT2D eigenvalue weighted by Crippen LogP contribution is 2.38. The largest absolute Gasteiger partial charge is 0.573 e. The summed E-state index contributed by atoms with van der Waals surface area (Å²) in [5.41, 5.74) is -0.0539. The van der Waals surface area contributed by atoms with Gasteiger partial charge in [0, 0.05) is 12.6 Å². The van der Waals surface area contributed by atoms with Gasteiger partial charge in [0.15, 0.2) is 0 Å². The lowest BCUT2D eigenvalue weighted by atomic mass is 9.93. The van der Waals surface area contributed by atoms with Crippen molar-refractivity contribution in [3.8, 4) is 11.5 Å². The van der Waals surface area contributed by atoms with Crippen LogP contribution in [0.1, 0.15) is 20.8 Å². The van der Waals surface area contributed by atoms with Gasteiger partial charge in [-0.15, -0.1) is 13.2 Å². The van der Waals surface area contributed by atoms with E-state index in [4.69, 9.17) is 4.74 Å². The highest BCUT2D eigenvalue weighted by atomic mass is 32.2. The number of benzene rings is 2. The molecule has 31 heavy (non-hydrogen) atoms. The van der Waals surface area contributed by atoms with Gasteiger partial charge in [0.1, 0.15) is 18.1 Å². The molecule has 0 aromatic heterocycles. The van der Waals surface area contributed by atoms with Gasteiger partial charge >= 0.3 is 6.36 Å². The first-order chi connectivity index (χ1) is 14.3. The zero-order chi connectivity index (χ0) is 23.0. The first kappa shape index (κ1) is 22.7. The number of carbonyl (C=O) groups is 1. The minimum atomic E-state index is -4.87. The average Bonchev–Trinajstić information content (AvgIpc) is 2.75. The first-order valence-electron chi connectivity index (χ1n) is 9.30. The van der Waals surface area contributed by atoms with Crippen LogP contribution in [0.3, 0.4) is 0 Å². The molecule has 0 radical (unpaired) electrons. The Morgan fingerprint density at radius 2 is 1.81 bits per heavy atom. The number of nitrogens with zero attached hydrogens (tertiary/aromatic N) is 1. The molecule has 1 aliphatic rings. The van der Waals surface area contributed by atoms with Gasteiger partial charge in [0.2, 0.25) is 5.91 Å². The molecule has 0 bridgehead atoms. The number of amides is 1. The van der Waals surface area contributed by atoms with Crippen molar-refractivity contribution in [2.75, 3.05) is 22.8 Å². The molecule has 3 rings (SSSR count). The molecule has 0 spiro atoms. The Balaban J connectivity index is 1.85. The van der Waals surface area contributed by atoms with E-state index in [1.54, 1.807) is 24.8 Å². The molecule has 0 aliphatic carbocycles. The Hall–Kier alpha value is -2.95. The maximum Gasteiger partial charge on any atom is 0.573 e. The second kappa shape index (κ2) is 7.95. The normalized spacial score (nSPS) is 16.2. The molecule has 11 heteroatoms. The summed E-state index contributed by atoms with van der Waals surface area (Å²) < 4.78 is 73.9. The predicted molar refractivity (Wildman–Crippen MR) is 108 cm³/mol. The summed E-state index contributed by atoms with van der Waals surface area (Å²) in [6.07, 6.45) is -4.87. The van der Waals surface area contributed by atoms with Crippen LogP contribution in [0.4, 0.5) is 24.5 Å². The van der Waals surface area contributed by atoms with Crippen molar-refractivity contribution in [2.45, 2.75) is 32.0 Å². The van der Waals surface area contributed by atoms with Crippen LogP contribution < -0.4 is 19.1 Å². The Labute approximate surface area is 177 Å². The van der Waals surface area contributed by atoms with Crippen molar-refractivity contribution in [1.82, 2.24) is 0 Å². The molecule has 0 atom stereocenters. The van der Waals surface area contributed by atoms with E-state index < -0.39 is 27.6 Å². The van der Waals surface area contributed by atoms with E-state index in [0.717, 1.165) is 24.3 Å². The van der Waals surface area contributed by atoms with Gasteiger partial charge in [0.05, 0.1) is 21.7 Å². The van der Waals surface area contributed by atoms with E-state index in [2.05, 4.69) is 9.46 Å². The fourth-order valence-corrected chi connectivity index (χ4v) is 4.11. The Morgan fingerprint density at radius 1 is 1.16 bits per heavy atom. The molecule has 1 N–H and O–H groups in total. The number of rotatable bonds is 5. The number of hydrogen-bond acceptors (Lipinski definition) is 5. The maximum atomic E-state index is 12.7. The lowest BCUT2D eigenvalue weighted by Gasteiger charge is -2.26. The van der Waals surface area contributed by atoms with Crippen LogP contribution in [0.2, 0.25) is 0 Å². The lowest BCUT2D eigenvalue weighted by Crippen LogP contribution is -2.42. The predicted octanol–water partition coefficient (Wildman–Crippen LogP) is 4.16. The summed E-state index contributed by atoms with van der Waals surface area (Å²) in [4.78, 5) is 14.1. The second-order valence-corrected chi connectivity index (χ2v) is 9.21. The van der Waals surface area contributed by atoms with Crippen LogP contribution in [-0.4, -0.2) is 33.8 Å². The van der Waals surface area contributed by atoms with Gasteiger partial charge in [-0.3, -0.25) is 9.52 Å². The number of alkyl halides is 3. The molecule has 0 saturated heterocycles. The molecule has 0 fully saturated rings. The molecule has 1 heterocycles. The fourth-order valence-electron chi connectivity index (χ4n) is 3.06. The maximum absolute atomic E-state index is 12.7. The van der Waals surface area contributed by atoms with Gasteiger partial charge in [0.25, 0.3) is 10.0 Å². The molecule has 7 nitrogen and oxygen atoms in total. The number of fused-ring (bicyclic) bond motifs is 1. The van der Waals surface area contributed by atoms with Crippen molar-refractivity contribution >= 4 is 27.3 Å². The van der Waals surface area contributed by atoms with Crippen molar-refractivity contribution in [3.05, 3.63) is 42.5 Å². The van der Waals surface area contributed by atoms with E-state index in [1.165, 1.54) is 12.1 Å². The summed E-state index contributed by atoms with van der Waals surface area (Å²) in [5, 5.41) is 0. The van der Waals surface area contributed by atoms with Crippen LogP contribution in [-0.2, 0) is 14.8 Å². The molecule has 0 saturated carbocycles. The summed E-state index contributed by atoms with van der Waals surface area (Å²) in [7, 11) is -4.09. The molecule has 1 amide bonds. The molecule has 2 aromatic carbocycles. The number of anilines is 2. The van der Waals surface area contributed by atoms with E-state index in [0.29, 0.717) is 18.0 Å². The third-order valence-corrected chi connectivity index (χ3v) is 6.00. The minimum absolute atomic E-state index is 0.108. The van der Waals surface area contributed by atoms with Gasteiger partial charge in [-0.05, 0) is 57.2 Å². The van der Waals surface area contributed by atoms with E-state index in [1.807, 2.05) is 6.92 Å². The van der Waals surface area contributed by atoms with Crippen molar-refractivity contribution in [1.29, 1.82) is 0 Å². The fraction of sp³-hybridized carbons (Fsp3) is 0.350. The second-order valence-electron chi connectivity index (χ2n) is 7.53. The third kappa shape index (κ3) is 5.04. The van der Waals surface area contributed by atoms with E-state index in [9.17, 15) is 26.4 Å². The van der Waals surface area contributed by atoms with Crippen molar-refractivity contribution in [2.24, 2.45) is 5.41 Å². The molecule has 1 aliphatic heterocycles. The number of nitrogens with one attached hydrogen (secondary N) is 1. The lowest BCUT2D eigenvalue weighted by molar-refractivity contribution is -0.274. The number of halogens is 3. The van der Waals surface area contributed by atoms with Crippen molar-refractivity contribution < 1.29 is 35.9 Å². The zero-order valence-corrected chi connectivity index (χ0v) is 17.8. The molecule has 2 aromatic rings. The van der Waals surface area contributed by atoms with E-state index >= 15 is 0 Å².